The first-order valence-corrected chi connectivity index (χ1v) is 3.89. The summed E-state index contributed by atoms with van der Waals surface area (Å²) in [5.74, 6) is -0.300. The van der Waals surface area contributed by atoms with Crippen molar-refractivity contribution >= 4 is 16.6 Å². The van der Waals surface area contributed by atoms with E-state index in [0.717, 1.165) is 6.07 Å². The van der Waals surface area contributed by atoms with Gasteiger partial charge in [-0.1, -0.05) is 11.8 Å². The van der Waals surface area contributed by atoms with Crippen LogP contribution < -0.4 is 11.3 Å². The van der Waals surface area contributed by atoms with Crippen LogP contribution >= 0.6 is 0 Å². The van der Waals surface area contributed by atoms with E-state index in [-0.39, 0.29) is 28.5 Å². The van der Waals surface area contributed by atoms with Crippen LogP contribution in [-0.4, -0.2) is 9.91 Å². The Labute approximate surface area is 84.9 Å². The predicted octanol–water partition coefficient (Wildman–Crippen LogP) is 1.38. The van der Waals surface area contributed by atoms with E-state index in [1.165, 1.54) is 18.3 Å². The number of hydrogen-bond acceptors (Lipinski definition) is 5. The van der Waals surface area contributed by atoms with E-state index < -0.39 is 4.92 Å². The molecule has 0 amide bonds. The van der Waals surface area contributed by atoms with E-state index in [4.69, 9.17) is 0 Å². The monoisotopic (exact) mass is 206 g/mol. The first-order valence-electron chi connectivity index (χ1n) is 3.89. The van der Waals surface area contributed by atoms with E-state index >= 15 is 0 Å². The molecule has 1 aromatic carbocycles. The molecule has 0 radical (unpaired) electrons. The Morgan fingerprint density at radius 1 is 1.27 bits per heavy atom. The second-order valence-corrected chi connectivity index (χ2v) is 2.74. The highest BCUT2D eigenvalue weighted by atomic mass is 16.6. The molecule has 3 N–H and O–H groups in total. The average molecular weight is 206 g/mol. The minimum absolute atomic E-state index is 0. The molecule has 0 saturated heterocycles. The molecule has 2 rings (SSSR count). The van der Waals surface area contributed by atoms with Crippen molar-refractivity contribution in [2.75, 3.05) is 0 Å². The lowest BCUT2D eigenvalue weighted by molar-refractivity contribution is -0.383. The minimum atomic E-state index is -0.524. The standard InChI is InChI=1S/C9H6N2O3.H3N/c12-8-4-3-7(11(13)14)6-2-1-5-10-9(6)8;/h1-5,12H;1H3/p-1. The highest BCUT2D eigenvalue weighted by Crippen LogP contribution is 2.28. The van der Waals surface area contributed by atoms with Gasteiger partial charge in [-0.3, -0.25) is 15.1 Å². The van der Waals surface area contributed by atoms with Crippen LogP contribution in [0.15, 0.2) is 30.5 Å². The largest absolute Gasteiger partial charge is 0.871 e. The smallest absolute Gasteiger partial charge is 0.278 e. The van der Waals surface area contributed by atoms with Crippen molar-refractivity contribution in [1.29, 1.82) is 0 Å². The first-order chi connectivity index (χ1) is 6.70. The number of nitrogens with zero attached hydrogens (tertiary/aromatic N) is 2. The Hall–Kier alpha value is -2.21. The third-order valence-corrected chi connectivity index (χ3v) is 1.91. The minimum Gasteiger partial charge on any atom is -0.871 e. The van der Waals surface area contributed by atoms with E-state index in [2.05, 4.69) is 4.98 Å². The average Bonchev–Trinajstić information content (AvgIpc) is 2.18. The zero-order valence-electron chi connectivity index (χ0n) is 7.71. The summed E-state index contributed by atoms with van der Waals surface area (Å²) in [7, 11) is 0. The zero-order valence-corrected chi connectivity index (χ0v) is 7.71. The lowest BCUT2D eigenvalue weighted by Crippen LogP contribution is -1.96. The number of pyridine rings is 1. The molecule has 0 spiro atoms. The molecule has 1 heterocycles. The third-order valence-electron chi connectivity index (χ3n) is 1.91. The maximum Gasteiger partial charge on any atom is 0.278 e. The van der Waals surface area contributed by atoms with Gasteiger partial charge in [-0.05, 0) is 12.1 Å². The summed E-state index contributed by atoms with van der Waals surface area (Å²) in [6.45, 7) is 0. The quantitative estimate of drug-likeness (QED) is 0.559. The van der Waals surface area contributed by atoms with Gasteiger partial charge in [-0.15, -0.1) is 0 Å². The molecule has 0 unspecified atom stereocenters. The summed E-state index contributed by atoms with van der Waals surface area (Å²) >= 11 is 0. The summed E-state index contributed by atoms with van der Waals surface area (Å²) in [6, 6.07) is 5.44. The van der Waals surface area contributed by atoms with Crippen molar-refractivity contribution in [2.45, 2.75) is 0 Å². The van der Waals surface area contributed by atoms with Crippen LogP contribution in [0.5, 0.6) is 5.75 Å². The fraction of sp³-hybridized carbons (Fsp3) is 0. The maximum absolute atomic E-state index is 11.3. The van der Waals surface area contributed by atoms with Crippen LogP contribution in [0.25, 0.3) is 10.9 Å². The number of hydrogen-bond donors (Lipinski definition) is 1. The molecular weight excluding hydrogens is 198 g/mol. The Morgan fingerprint density at radius 2 is 2.00 bits per heavy atom. The Bertz CT molecular complexity index is 513. The molecule has 6 heteroatoms. The molecule has 0 fully saturated rings. The molecule has 0 aliphatic rings. The van der Waals surface area contributed by atoms with Gasteiger partial charge in [0.2, 0.25) is 0 Å². The Balaban J connectivity index is 0.00000112. The van der Waals surface area contributed by atoms with E-state index in [1.54, 1.807) is 6.07 Å². The second kappa shape index (κ2) is 3.89. The van der Waals surface area contributed by atoms with Crippen molar-refractivity contribution in [3.05, 3.63) is 40.6 Å². The molecule has 6 nitrogen and oxygen atoms in total. The van der Waals surface area contributed by atoms with E-state index in [1.807, 2.05) is 0 Å². The van der Waals surface area contributed by atoms with E-state index in [0.29, 0.717) is 0 Å². The number of fused-ring (bicyclic) bond motifs is 1. The van der Waals surface area contributed by atoms with Gasteiger partial charge in [-0.2, -0.15) is 0 Å². The van der Waals surface area contributed by atoms with Crippen molar-refractivity contribution in [1.82, 2.24) is 11.1 Å². The van der Waals surface area contributed by atoms with Crippen molar-refractivity contribution < 1.29 is 10.0 Å². The van der Waals surface area contributed by atoms with Gasteiger partial charge in [0.15, 0.2) is 0 Å². The summed E-state index contributed by atoms with van der Waals surface area (Å²) in [4.78, 5) is 13.9. The number of nitro groups is 1. The zero-order chi connectivity index (χ0) is 10.1. The lowest BCUT2D eigenvalue weighted by Gasteiger charge is -2.08. The molecule has 78 valence electrons. The highest BCUT2D eigenvalue weighted by Gasteiger charge is 2.11. The Morgan fingerprint density at radius 3 is 2.67 bits per heavy atom. The van der Waals surface area contributed by atoms with Gasteiger partial charge >= 0.3 is 0 Å². The van der Waals surface area contributed by atoms with Gasteiger partial charge in [0, 0.05) is 12.3 Å². The SMILES string of the molecule is N.O=[N+]([O-])c1ccc([O-])c2ncccc12. The van der Waals surface area contributed by atoms with Gasteiger partial charge in [0.1, 0.15) is 0 Å². The molecule has 1 aromatic heterocycles. The number of benzene rings is 1. The van der Waals surface area contributed by atoms with Gasteiger partial charge in [0.05, 0.1) is 15.8 Å². The number of non-ortho nitro benzene ring substituents is 1. The summed E-state index contributed by atoms with van der Waals surface area (Å²) in [5, 5.41) is 22.2. The number of rotatable bonds is 1. The number of aromatic nitrogens is 1. The van der Waals surface area contributed by atoms with E-state index in [9.17, 15) is 15.2 Å². The molecule has 15 heavy (non-hydrogen) atoms. The van der Waals surface area contributed by atoms with Crippen LogP contribution in [0.2, 0.25) is 0 Å². The molecule has 2 aromatic rings. The number of nitro benzene ring substituents is 1. The molecule has 0 bridgehead atoms. The van der Waals surface area contributed by atoms with Crippen LogP contribution in [-0.2, 0) is 0 Å². The van der Waals surface area contributed by atoms with Crippen LogP contribution in [0.4, 0.5) is 5.69 Å². The second-order valence-electron chi connectivity index (χ2n) is 2.74. The molecular formula is C9H8N3O3-. The normalized spacial score (nSPS) is 9.60. The predicted molar refractivity (Wildman–Crippen MR) is 52.9 cm³/mol. The Kier molecular flexibility index (Phi) is 2.82. The summed E-state index contributed by atoms with van der Waals surface area (Å²) in [6.07, 6.45) is 1.44. The maximum atomic E-state index is 11.3. The summed E-state index contributed by atoms with van der Waals surface area (Å²) in [5.41, 5.74) is 0.0504. The van der Waals surface area contributed by atoms with Crippen molar-refractivity contribution in [3.8, 4) is 5.75 Å². The molecule has 0 aliphatic carbocycles. The fourth-order valence-electron chi connectivity index (χ4n) is 1.29. The van der Waals surface area contributed by atoms with Crippen molar-refractivity contribution in [2.24, 2.45) is 0 Å². The fourth-order valence-corrected chi connectivity index (χ4v) is 1.29. The third kappa shape index (κ3) is 1.70. The van der Waals surface area contributed by atoms with Crippen molar-refractivity contribution in [3.63, 3.8) is 0 Å². The van der Waals surface area contributed by atoms with Gasteiger partial charge < -0.3 is 11.3 Å². The first kappa shape index (κ1) is 10.9. The molecule has 0 atom stereocenters. The van der Waals surface area contributed by atoms with Crippen LogP contribution in [0.1, 0.15) is 0 Å². The highest BCUT2D eigenvalue weighted by molar-refractivity contribution is 5.91. The molecule has 0 saturated carbocycles. The van der Waals surface area contributed by atoms with Gasteiger partial charge in [-0.25, -0.2) is 0 Å². The summed E-state index contributed by atoms with van der Waals surface area (Å²) < 4.78 is 0. The van der Waals surface area contributed by atoms with Gasteiger partial charge in [0.25, 0.3) is 5.69 Å². The van der Waals surface area contributed by atoms with Crippen LogP contribution in [0.3, 0.4) is 0 Å². The topological polar surface area (TPSA) is 114 Å². The lowest BCUT2D eigenvalue weighted by atomic mass is 10.2. The van der Waals surface area contributed by atoms with Crippen LogP contribution in [0, 0.1) is 10.1 Å². The molecule has 0 aliphatic heterocycles.